The molecule has 2 aromatic rings. The molecular formula is C15H12FN3O2. The maximum atomic E-state index is 14.1. The van der Waals surface area contributed by atoms with Crippen molar-refractivity contribution in [3.8, 4) is 12.3 Å². The molecule has 21 heavy (non-hydrogen) atoms. The number of aryl methyl sites for hydroxylation is 1. The van der Waals surface area contributed by atoms with Crippen LogP contribution in [0.15, 0.2) is 12.1 Å². The van der Waals surface area contributed by atoms with Crippen LogP contribution >= 0.6 is 0 Å². The Balaban J connectivity index is 2.19. The number of piperidine rings is 1. The summed E-state index contributed by atoms with van der Waals surface area (Å²) in [5, 5.41) is 7.06. The van der Waals surface area contributed by atoms with Gasteiger partial charge < -0.3 is 0 Å². The zero-order valence-corrected chi connectivity index (χ0v) is 11.3. The maximum Gasteiger partial charge on any atom is 0.235 e. The van der Waals surface area contributed by atoms with E-state index in [1.54, 1.807) is 13.1 Å². The number of fused-ring (bicyclic) bond motifs is 1. The van der Waals surface area contributed by atoms with E-state index in [1.165, 1.54) is 10.7 Å². The van der Waals surface area contributed by atoms with Gasteiger partial charge in [0.15, 0.2) is 0 Å². The number of nitrogens with zero attached hydrogens (tertiary/aromatic N) is 2. The normalized spacial score (nSPS) is 18.6. The highest BCUT2D eigenvalue weighted by atomic mass is 19.1. The monoisotopic (exact) mass is 285 g/mol. The standard InChI is InChI=1S/C15H12FN3O2/c1-3-8-6-10-13(9-4-5-12(20)17-15(9)21)18-19(2)14(10)11(16)7-8/h1,6-7,9H,4-5H2,2H3,(H,17,20,21). The first-order valence-electron chi connectivity index (χ1n) is 6.47. The topological polar surface area (TPSA) is 64.0 Å². The lowest BCUT2D eigenvalue weighted by Gasteiger charge is -2.19. The fourth-order valence-corrected chi connectivity index (χ4v) is 2.68. The van der Waals surface area contributed by atoms with E-state index < -0.39 is 17.6 Å². The molecule has 1 aromatic heterocycles. The minimum atomic E-state index is -0.571. The number of hydrogen-bond donors (Lipinski definition) is 1. The predicted octanol–water partition coefficient (Wildman–Crippen LogP) is 1.21. The molecule has 0 aliphatic carbocycles. The number of halogens is 1. The number of carbonyl (C=O) groups excluding carboxylic acids is 2. The second kappa shape index (κ2) is 4.70. The minimum Gasteiger partial charge on any atom is -0.296 e. The molecule has 3 rings (SSSR count). The Morgan fingerprint density at radius 1 is 1.48 bits per heavy atom. The van der Waals surface area contributed by atoms with Gasteiger partial charge in [0.05, 0.1) is 11.6 Å². The molecule has 2 heterocycles. The number of hydrogen-bond acceptors (Lipinski definition) is 3. The molecule has 1 aliphatic heterocycles. The molecule has 106 valence electrons. The number of carbonyl (C=O) groups is 2. The highest BCUT2D eigenvalue weighted by Gasteiger charge is 2.32. The molecule has 1 aromatic carbocycles. The van der Waals surface area contributed by atoms with Crippen LogP contribution in [0.4, 0.5) is 4.39 Å². The first-order chi connectivity index (χ1) is 10.0. The van der Waals surface area contributed by atoms with Gasteiger partial charge in [0.25, 0.3) is 0 Å². The molecule has 1 N–H and O–H groups in total. The van der Waals surface area contributed by atoms with Crippen molar-refractivity contribution in [2.45, 2.75) is 18.8 Å². The summed E-state index contributed by atoms with van der Waals surface area (Å²) in [6.07, 6.45) is 5.92. The number of imide groups is 1. The number of nitrogens with one attached hydrogen (secondary N) is 1. The van der Waals surface area contributed by atoms with E-state index in [4.69, 9.17) is 6.42 Å². The van der Waals surface area contributed by atoms with Crippen LogP contribution in [0.25, 0.3) is 10.9 Å². The molecule has 5 nitrogen and oxygen atoms in total. The Labute approximate surface area is 120 Å². The van der Waals surface area contributed by atoms with Crippen LogP contribution in [-0.2, 0) is 16.6 Å². The highest BCUT2D eigenvalue weighted by Crippen LogP contribution is 2.31. The van der Waals surface area contributed by atoms with Gasteiger partial charge in [0.1, 0.15) is 11.3 Å². The van der Waals surface area contributed by atoms with Gasteiger partial charge in [-0.05, 0) is 18.6 Å². The summed E-state index contributed by atoms with van der Waals surface area (Å²) >= 11 is 0. The van der Waals surface area contributed by atoms with Crippen LogP contribution in [0.5, 0.6) is 0 Å². The minimum absolute atomic E-state index is 0.242. The SMILES string of the molecule is C#Cc1cc(F)c2c(c1)c(C1CCC(=O)NC1=O)nn2C. The van der Waals surface area contributed by atoms with E-state index in [1.807, 2.05) is 0 Å². The molecule has 1 aliphatic rings. The van der Waals surface area contributed by atoms with Gasteiger partial charge in [0, 0.05) is 24.4 Å². The summed E-state index contributed by atoms with van der Waals surface area (Å²) in [4.78, 5) is 23.2. The molecule has 2 amide bonds. The highest BCUT2D eigenvalue weighted by molar-refractivity contribution is 6.02. The first kappa shape index (κ1) is 13.3. The average Bonchev–Trinajstić information content (AvgIpc) is 2.76. The number of benzene rings is 1. The number of terminal acetylenes is 1. The van der Waals surface area contributed by atoms with Crippen LogP contribution in [-0.4, -0.2) is 21.6 Å². The van der Waals surface area contributed by atoms with Crippen molar-refractivity contribution < 1.29 is 14.0 Å². The fraction of sp³-hybridized carbons (Fsp3) is 0.267. The van der Waals surface area contributed by atoms with Crippen LogP contribution in [0.3, 0.4) is 0 Å². The molecule has 1 saturated heterocycles. The van der Waals surface area contributed by atoms with Gasteiger partial charge in [-0.1, -0.05) is 5.92 Å². The zero-order valence-electron chi connectivity index (χ0n) is 11.3. The molecule has 0 saturated carbocycles. The third kappa shape index (κ3) is 2.07. The van der Waals surface area contributed by atoms with Crippen LogP contribution in [0, 0.1) is 18.2 Å². The predicted molar refractivity (Wildman–Crippen MR) is 73.7 cm³/mol. The Morgan fingerprint density at radius 3 is 2.90 bits per heavy atom. The fourth-order valence-electron chi connectivity index (χ4n) is 2.68. The molecule has 1 unspecified atom stereocenters. The van der Waals surface area contributed by atoms with E-state index in [0.29, 0.717) is 28.6 Å². The second-order valence-corrected chi connectivity index (χ2v) is 5.01. The van der Waals surface area contributed by atoms with E-state index >= 15 is 0 Å². The van der Waals surface area contributed by atoms with Gasteiger partial charge in [-0.2, -0.15) is 5.10 Å². The molecule has 6 heteroatoms. The average molecular weight is 285 g/mol. The molecule has 0 radical (unpaired) electrons. The van der Waals surface area contributed by atoms with E-state index in [0.717, 1.165) is 0 Å². The third-order valence-corrected chi connectivity index (χ3v) is 3.66. The summed E-state index contributed by atoms with van der Waals surface area (Å²) in [6.45, 7) is 0. The molecular weight excluding hydrogens is 273 g/mol. The molecule has 1 atom stereocenters. The van der Waals surface area contributed by atoms with Gasteiger partial charge in [-0.15, -0.1) is 6.42 Å². The summed E-state index contributed by atoms with van der Waals surface area (Å²) in [7, 11) is 1.61. The van der Waals surface area contributed by atoms with Crippen LogP contribution in [0.1, 0.15) is 30.0 Å². The summed E-state index contributed by atoms with van der Waals surface area (Å²) in [5.74, 6) is 0.634. The van der Waals surface area contributed by atoms with Gasteiger partial charge in [-0.25, -0.2) is 4.39 Å². The van der Waals surface area contributed by atoms with E-state index in [-0.39, 0.29) is 12.3 Å². The van der Waals surface area contributed by atoms with Crippen molar-refractivity contribution in [2.75, 3.05) is 0 Å². The van der Waals surface area contributed by atoms with Crippen molar-refractivity contribution in [2.24, 2.45) is 7.05 Å². The van der Waals surface area contributed by atoms with Crippen molar-refractivity contribution in [3.63, 3.8) is 0 Å². The summed E-state index contributed by atoms with van der Waals surface area (Å²) in [5.41, 5.74) is 1.14. The van der Waals surface area contributed by atoms with Crippen LogP contribution in [0.2, 0.25) is 0 Å². The van der Waals surface area contributed by atoms with Gasteiger partial charge >= 0.3 is 0 Å². The smallest absolute Gasteiger partial charge is 0.235 e. The lowest BCUT2D eigenvalue weighted by molar-refractivity contribution is -0.134. The zero-order chi connectivity index (χ0) is 15.1. The van der Waals surface area contributed by atoms with Gasteiger partial charge in [0.2, 0.25) is 11.8 Å². The van der Waals surface area contributed by atoms with E-state index in [9.17, 15) is 14.0 Å². The number of rotatable bonds is 1. The largest absolute Gasteiger partial charge is 0.296 e. The lowest BCUT2D eigenvalue weighted by Crippen LogP contribution is -2.39. The Morgan fingerprint density at radius 2 is 2.24 bits per heavy atom. The maximum absolute atomic E-state index is 14.1. The van der Waals surface area contributed by atoms with Crippen molar-refractivity contribution in [3.05, 3.63) is 29.2 Å². The van der Waals surface area contributed by atoms with Crippen molar-refractivity contribution in [1.82, 2.24) is 15.1 Å². The summed E-state index contributed by atoms with van der Waals surface area (Å²) < 4.78 is 15.5. The number of amides is 2. The lowest BCUT2D eigenvalue weighted by atomic mass is 9.92. The van der Waals surface area contributed by atoms with Gasteiger partial charge in [-0.3, -0.25) is 19.6 Å². The Kier molecular flexibility index (Phi) is 2.98. The molecule has 1 fully saturated rings. The number of aromatic nitrogens is 2. The molecule has 0 bridgehead atoms. The second-order valence-electron chi connectivity index (χ2n) is 5.01. The van der Waals surface area contributed by atoms with Crippen LogP contribution < -0.4 is 5.32 Å². The van der Waals surface area contributed by atoms with E-state index in [2.05, 4.69) is 16.3 Å². The Bertz CT molecular complexity index is 816. The first-order valence-corrected chi connectivity index (χ1v) is 6.47. The van der Waals surface area contributed by atoms with Crippen molar-refractivity contribution in [1.29, 1.82) is 0 Å². The van der Waals surface area contributed by atoms with Crippen molar-refractivity contribution >= 4 is 22.7 Å². The Hall–Kier alpha value is -2.68. The third-order valence-electron chi connectivity index (χ3n) is 3.66. The molecule has 0 spiro atoms. The quantitative estimate of drug-likeness (QED) is 0.633. The summed E-state index contributed by atoms with van der Waals surface area (Å²) in [6, 6.07) is 2.91.